The number of aliphatic imine (C=N–C) groups is 1. The van der Waals surface area contributed by atoms with Gasteiger partial charge in [0, 0.05) is 18.5 Å². The van der Waals surface area contributed by atoms with Gasteiger partial charge >= 0.3 is 0 Å². The molecule has 0 radical (unpaired) electrons. The normalized spacial score (nSPS) is 16.2. The standard InChI is InChI=1S/C21H31N5OS/c1-15-16(2)28-20(25-15)14-24-21(22-3)23-13-19(26-11-5-6-12-26)17-7-9-18(27-4)10-8-17/h7-10,19H,5-6,11-14H2,1-4H3,(H2,22,23,24). The molecule has 2 heterocycles. The number of rotatable bonds is 7. The second-order valence-electron chi connectivity index (χ2n) is 7.09. The van der Waals surface area contributed by atoms with Crippen LogP contribution in [0.2, 0.25) is 0 Å². The van der Waals surface area contributed by atoms with E-state index in [-0.39, 0.29) is 0 Å². The zero-order valence-corrected chi connectivity index (χ0v) is 18.1. The van der Waals surface area contributed by atoms with Crippen molar-refractivity contribution in [3.63, 3.8) is 0 Å². The fraction of sp³-hybridized carbons (Fsp3) is 0.524. The van der Waals surface area contributed by atoms with E-state index in [2.05, 4.69) is 51.5 Å². The lowest BCUT2D eigenvalue weighted by molar-refractivity contribution is 0.245. The number of nitrogens with zero attached hydrogens (tertiary/aromatic N) is 3. The first kappa shape index (κ1) is 20.6. The molecule has 28 heavy (non-hydrogen) atoms. The zero-order chi connectivity index (χ0) is 19.9. The zero-order valence-electron chi connectivity index (χ0n) is 17.3. The average molecular weight is 402 g/mol. The lowest BCUT2D eigenvalue weighted by Gasteiger charge is -2.29. The van der Waals surface area contributed by atoms with Gasteiger partial charge in [0.15, 0.2) is 5.96 Å². The molecule has 152 valence electrons. The average Bonchev–Trinajstić information content (AvgIpc) is 3.35. The summed E-state index contributed by atoms with van der Waals surface area (Å²) in [5, 5.41) is 7.99. The Kier molecular flexibility index (Phi) is 7.28. The van der Waals surface area contributed by atoms with E-state index in [1.807, 2.05) is 19.2 Å². The van der Waals surface area contributed by atoms with Crippen LogP contribution in [0.25, 0.3) is 0 Å². The molecule has 1 aromatic heterocycles. The van der Waals surface area contributed by atoms with E-state index in [0.29, 0.717) is 12.6 Å². The molecule has 0 amide bonds. The van der Waals surface area contributed by atoms with Crippen LogP contribution in [-0.4, -0.2) is 49.6 Å². The summed E-state index contributed by atoms with van der Waals surface area (Å²) < 4.78 is 5.31. The van der Waals surface area contributed by atoms with E-state index < -0.39 is 0 Å². The molecule has 1 aliphatic rings. The van der Waals surface area contributed by atoms with Crippen LogP contribution in [0.15, 0.2) is 29.3 Å². The fourth-order valence-electron chi connectivity index (χ4n) is 3.53. The number of methoxy groups -OCH3 is 1. The molecule has 1 unspecified atom stereocenters. The summed E-state index contributed by atoms with van der Waals surface area (Å²) in [6.45, 7) is 7.94. The monoisotopic (exact) mass is 401 g/mol. The van der Waals surface area contributed by atoms with Gasteiger partial charge in [0.05, 0.1) is 25.4 Å². The topological polar surface area (TPSA) is 61.8 Å². The van der Waals surface area contributed by atoms with E-state index >= 15 is 0 Å². The quantitative estimate of drug-likeness (QED) is 0.551. The number of nitrogens with one attached hydrogen (secondary N) is 2. The van der Waals surface area contributed by atoms with Gasteiger partial charge in [-0.2, -0.15) is 0 Å². The number of likely N-dealkylation sites (tertiary alicyclic amines) is 1. The molecule has 2 N–H and O–H groups in total. The van der Waals surface area contributed by atoms with Gasteiger partial charge in [-0.1, -0.05) is 12.1 Å². The van der Waals surface area contributed by atoms with Gasteiger partial charge in [-0.05, 0) is 57.5 Å². The van der Waals surface area contributed by atoms with E-state index in [1.54, 1.807) is 18.4 Å². The Morgan fingerprint density at radius 1 is 1.21 bits per heavy atom. The molecule has 0 bridgehead atoms. The summed E-state index contributed by atoms with van der Waals surface area (Å²) >= 11 is 1.74. The molecule has 2 aromatic rings. The van der Waals surface area contributed by atoms with Crippen molar-refractivity contribution < 1.29 is 4.74 Å². The summed E-state index contributed by atoms with van der Waals surface area (Å²) in [7, 11) is 3.52. The van der Waals surface area contributed by atoms with Crippen molar-refractivity contribution in [2.45, 2.75) is 39.3 Å². The molecular formula is C21H31N5OS. The number of aromatic nitrogens is 1. The van der Waals surface area contributed by atoms with Gasteiger partial charge in [-0.15, -0.1) is 11.3 Å². The molecule has 1 saturated heterocycles. The minimum absolute atomic E-state index is 0.316. The number of hydrogen-bond acceptors (Lipinski definition) is 5. The van der Waals surface area contributed by atoms with Crippen LogP contribution in [0, 0.1) is 13.8 Å². The number of guanidine groups is 1. The second kappa shape index (κ2) is 9.89. The molecule has 1 aromatic carbocycles. The van der Waals surface area contributed by atoms with Crippen molar-refractivity contribution in [1.82, 2.24) is 20.5 Å². The van der Waals surface area contributed by atoms with Crippen LogP contribution in [0.5, 0.6) is 5.75 Å². The number of aryl methyl sites for hydroxylation is 2. The number of thiazole rings is 1. The van der Waals surface area contributed by atoms with E-state index in [4.69, 9.17) is 4.74 Å². The summed E-state index contributed by atoms with van der Waals surface area (Å²) in [5.41, 5.74) is 2.41. The van der Waals surface area contributed by atoms with E-state index in [9.17, 15) is 0 Å². The number of hydrogen-bond donors (Lipinski definition) is 2. The van der Waals surface area contributed by atoms with Gasteiger partial charge < -0.3 is 15.4 Å². The highest BCUT2D eigenvalue weighted by atomic mass is 32.1. The largest absolute Gasteiger partial charge is 0.497 e. The van der Waals surface area contributed by atoms with E-state index in [0.717, 1.165) is 42.0 Å². The molecule has 6 nitrogen and oxygen atoms in total. The Bertz CT molecular complexity index is 761. The molecule has 1 atom stereocenters. The van der Waals surface area contributed by atoms with Crippen LogP contribution >= 0.6 is 11.3 Å². The lowest BCUT2D eigenvalue weighted by Crippen LogP contribution is -2.42. The third-order valence-corrected chi connectivity index (χ3v) is 6.32. The molecule has 1 aliphatic heterocycles. The van der Waals surface area contributed by atoms with Gasteiger partial charge in [0.25, 0.3) is 0 Å². The van der Waals surface area contributed by atoms with E-state index in [1.165, 1.54) is 23.3 Å². The Balaban J connectivity index is 1.62. The van der Waals surface area contributed by atoms with Crippen molar-refractivity contribution in [2.24, 2.45) is 4.99 Å². The van der Waals surface area contributed by atoms with Crippen LogP contribution in [0.3, 0.4) is 0 Å². The van der Waals surface area contributed by atoms with Crippen molar-refractivity contribution in [1.29, 1.82) is 0 Å². The van der Waals surface area contributed by atoms with Gasteiger partial charge in [0.1, 0.15) is 10.8 Å². The SMILES string of the molecule is CN=C(NCc1nc(C)c(C)s1)NCC(c1ccc(OC)cc1)N1CCCC1. The van der Waals surface area contributed by atoms with Crippen LogP contribution < -0.4 is 15.4 Å². The third kappa shape index (κ3) is 5.23. The first-order valence-corrected chi connectivity index (χ1v) is 10.7. The highest BCUT2D eigenvalue weighted by Gasteiger charge is 2.23. The molecule has 0 aliphatic carbocycles. The summed E-state index contributed by atoms with van der Waals surface area (Å²) in [6.07, 6.45) is 2.53. The summed E-state index contributed by atoms with van der Waals surface area (Å²) in [5.74, 6) is 1.70. The maximum absolute atomic E-state index is 5.31. The first-order chi connectivity index (χ1) is 13.6. The van der Waals surface area contributed by atoms with Crippen LogP contribution in [-0.2, 0) is 6.54 Å². The first-order valence-electron chi connectivity index (χ1n) is 9.86. The van der Waals surface area contributed by atoms with Crippen molar-refractivity contribution in [3.05, 3.63) is 45.4 Å². The smallest absolute Gasteiger partial charge is 0.191 e. The Labute approximate surface area is 172 Å². The molecular weight excluding hydrogens is 370 g/mol. The minimum atomic E-state index is 0.316. The summed E-state index contributed by atoms with van der Waals surface area (Å²) in [6, 6.07) is 8.73. The van der Waals surface area contributed by atoms with Crippen LogP contribution in [0.4, 0.5) is 0 Å². The Morgan fingerprint density at radius 2 is 1.93 bits per heavy atom. The second-order valence-corrected chi connectivity index (χ2v) is 8.38. The van der Waals surface area contributed by atoms with Crippen molar-refractivity contribution >= 4 is 17.3 Å². The van der Waals surface area contributed by atoms with Gasteiger partial charge in [-0.3, -0.25) is 9.89 Å². The lowest BCUT2D eigenvalue weighted by atomic mass is 10.1. The predicted molar refractivity (Wildman–Crippen MR) is 116 cm³/mol. The minimum Gasteiger partial charge on any atom is -0.497 e. The number of benzene rings is 1. The van der Waals surface area contributed by atoms with Gasteiger partial charge in [0.2, 0.25) is 0 Å². The predicted octanol–water partition coefficient (Wildman–Crippen LogP) is 3.27. The number of ether oxygens (including phenoxy) is 1. The molecule has 0 spiro atoms. The fourth-order valence-corrected chi connectivity index (χ4v) is 4.40. The maximum Gasteiger partial charge on any atom is 0.191 e. The molecule has 1 fully saturated rings. The summed E-state index contributed by atoms with van der Waals surface area (Å²) in [4.78, 5) is 12.8. The Hall–Kier alpha value is -2.12. The van der Waals surface area contributed by atoms with Crippen molar-refractivity contribution in [3.8, 4) is 5.75 Å². The van der Waals surface area contributed by atoms with Crippen molar-refractivity contribution in [2.75, 3.05) is 33.8 Å². The highest BCUT2D eigenvalue weighted by Crippen LogP contribution is 2.26. The molecule has 3 rings (SSSR count). The molecule has 0 saturated carbocycles. The Morgan fingerprint density at radius 3 is 2.50 bits per heavy atom. The van der Waals surface area contributed by atoms with Gasteiger partial charge in [-0.25, -0.2) is 4.98 Å². The van der Waals surface area contributed by atoms with Crippen LogP contribution in [0.1, 0.15) is 40.0 Å². The maximum atomic E-state index is 5.31. The highest BCUT2D eigenvalue weighted by molar-refractivity contribution is 7.11. The third-order valence-electron chi connectivity index (χ3n) is 5.25. The molecule has 7 heteroatoms.